The number of fused-ring (bicyclic) bond motifs is 1. The molecule has 126 valence electrons. The van der Waals surface area contributed by atoms with Crippen LogP contribution in [0.4, 0.5) is 26.3 Å². The molecule has 0 bridgehead atoms. The van der Waals surface area contributed by atoms with Crippen LogP contribution in [0.15, 0.2) is 36.7 Å². The number of alkyl halides is 6. The maximum atomic E-state index is 13.3. The first kappa shape index (κ1) is 16.6. The zero-order valence-electron chi connectivity index (χ0n) is 11.6. The topological polar surface area (TPSA) is 28.7 Å². The molecule has 24 heavy (non-hydrogen) atoms. The third-order valence-corrected chi connectivity index (χ3v) is 3.78. The van der Waals surface area contributed by atoms with E-state index in [-0.39, 0.29) is 22.2 Å². The number of H-pyrrole nitrogens is 1. The van der Waals surface area contributed by atoms with Crippen LogP contribution < -0.4 is 0 Å². The molecular formula is C15H7ClF6N2. The number of benzene rings is 1. The standard InChI is InChI=1S/C15H7ClF6N2/c16-13-12-9(6-24-11(12)3-4-23-13)8-2-1-7(14(17,18)19)5-10(8)15(20,21)22/h1-6,24H. The van der Waals surface area contributed by atoms with Gasteiger partial charge in [-0.1, -0.05) is 17.7 Å². The summed E-state index contributed by atoms with van der Waals surface area (Å²) in [6.07, 6.45) is -7.22. The van der Waals surface area contributed by atoms with Gasteiger partial charge in [-0.2, -0.15) is 26.3 Å². The minimum Gasteiger partial charge on any atom is -0.360 e. The molecule has 0 unspecified atom stereocenters. The van der Waals surface area contributed by atoms with E-state index in [4.69, 9.17) is 11.6 Å². The van der Waals surface area contributed by atoms with E-state index in [1.54, 1.807) is 0 Å². The molecule has 0 radical (unpaired) electrons. The average Bonchev–Trinajstić information content (AvgIpc) is 2.90. The van der Waals surface area contributed by atoms with Crippen LogP contribution in [0.2, 0.25) is 5.15 Å². The fourth-order valence-corrected chi connectivity index (χ4v) is 2.70. The van der Waals surface area contributed by atoms with E-state index in [0.717, 1.165) is 6.07 Å². The van der Waals surface area contributed by atoms with Gasteiger partial charge in [0.25, 0.3) is 0 Å². The lowest BCUT2D eigenvalue weighted by Crippen LogP contribution is -2.12. The summed E-state index contributed by atoms with van der Waals surface area (Å²) in [5.41, 5.74) is -2.71. The largest absolute Gasteiger partial charge is 0.417 e. The van der Waals surface area contributed by atoms with Crippen molar-refractivity contribution in [2.75, 3.05) is 0 Å². The molecule has 0 amide bonds. The normalized spacial score (nSPS) is 12.8. The summed E-state index contributed by atoms with van der Waals surface area (Å²) >= 11 is 5.93. The number of nitrogens with zero attached hydrogens (tertiary/aromatic N) is 1. The van der Waals surface area contributed by atoms with E-state index in [9.17, 15) is 26.3 Å². The third-order valence-electron chi connectivity index (χ3n) is 3.49. The summed E-state index contributed by atoms with van der Waals surface area (Å²) in [5.74, 6) is 0. The number of aromatic nitrogens is 2. The molecule has 1 aromatic carbocycles. The van der Waals surface area contributed by atoms with Gasteiger partial charge < -0.3 is 4.98 Å². The van der Waals surface area contributed by atoms with Crippen molar-refractivity contribution in [2.45, 2.75) is 12.4 Å². The molecule has 0 fully saturated rings. The summed E-state index contributed by atoms with van der Waals surface area (Å²) in [7, 11) is 0. The molecule has 2 heterocycles. The van der Waals surface area contributed by atoms with Crippen LogP contribution in [0, 0.1) is 0 Å². The van der Waals surface area contributed by atoms with Gasteiger partial charge in [0.1, 0.15) is 5.15 Å². The molecule has 0 saturated carbocycles. The molecule has 2 nitrogen and oxygen atoms in total. The van der Waals surface area contributed by atoms with E-state index in [0.29, 0.717) is 11.6 Å². The SMILES string of the molecule is FC(F)(F)c1ccc(-c2c[nH]c3ccnc(Cl)c23)c(C(F)(F)F)c1. The van der Waals surface area contributed by atoms with E-state index >= 15 is 0 Å². The Bertz CT molecular complexity index is 910. The number of halogens is 7. The lowest BCUT2D eigenvalue weighted by atomic mass is 9.97. The number of pyridine rings is 1. The number of rotatable bonds is 1. The molecule has 0 aliphatic heterocycles. The summed E-state index contributed by atoms with van der Waals surface area (Å²) < 4.78 is 78.1. The van der Waals surface area contributed by atoms with Crippen molar-refractivity contribution in [1.29, 1.82) is 0 Å². The molecule has 0 aliphatic rings. The Balaban J connectivity index is 2.31. The highest BCUT2D eigenvalue weighted by molar-refractivity contribution is 6.35. The van der Waals surface area contributed by atoms with Gasteiger partial charge in [0.15, 0.2) is 0 Å². The van der Waals surface area contributed by atoms with Crippen LogP contribution in [0.3, 0.4) is 0 Å². The predicted molar refractivity (Wildman–Crippen MR) is 76.5 cm³/mol. The van der Waals surface area contributed by atoms with Gasteiger partial charge in [-0.05, 0) is 23.8 Å². The number of hydrogen-bond donors (Lipinski definition) is 1. The van der Waals surface area contributed by atoms with Crippen molar-refractivity contribution >= 4 is 22.5 Å². The lowest BCUT2D eigenvalue weighted by Gasteiger charge is -2.15. The summed E-state index contributed by atoms with van der Waals surface area (Å²) in [5, 5.41) is 0.168. The van der Waals surface area contributed by atoms with Crippen LogP contribution in [-0.2, 0) is 12.4 Å². The van der Waals surface area contributed by atoms with Crippen LogP contribution >= 0.6 is 11.6 Å². The zero-order valence-corrected chi connectivity index (χ0v) is 12.3. The fourth-order valence-electron chi connectivity index (χ4n) is 2.44. The second kappa shape index (κ2) is 5.41. The molecule has 0 atom stereocenters. The number of nitrogens with one attached hydrogen (secondary N) is 1. The number of aromatic amines is 1. The Hall–Kier alpha value is -2.22. The molecule has 3 rings (SSSR count). The van der Waals surface area contributed by atoms with Crippen LogP contribution in [0.5, 0.6) is 0 Å². The van der Waals surface area contributed by atoms with Gasteiger partial charge in [-0.15, -0.1) is 0 Å². The maximum absolute atomic E-state index is 13.3. The monoisotopic (exact) mass is 364 g/mol. The third kappa shape index (κ3) is 2.82. The number of hydrogen-bond acceptors (Lipinski definition) is 1. The van der Waals surface area contributed by atoms with Crippen molar-refractivity contribution < 1.29 is 26.3 Å². The van der Waals surface area contributed by atoms with E-state index < -0.39 is 29.0 Å². The Morgan fingerprint density at radius 1 is 0.917 bits per heavy atom. The molecule has 0 aliphatic carbocycles. The first-order chi connectivity index (χ1) is 11.1. The summed E-state index contributed by atoms with van der Waals surface area (Å²) in [6.45, 7) is 0. The van der Waals surface area contributed by atoms with E-state index in [2.05, 4.69) is 9.97 Å². The van der Waals surface area contributed by atoms with Crippen molar-refractivity contribution in [1.82, 2.24) is 9.97 Å². The second-order valence-electron chi connectivity index (χ2n) is 4.98. The molecule has 1 N–H and O–H groups in total. The lowest BCUT2D eigenvalue weighted by molar-refractivity contribution is -0.142. The smallest absolute Gasteiger partial charge is 0.360 e. The van der Waals surface area contributed by atoms with E-state index in [1.807, 2.05) is 0 Å². The first-order valence-electron chi connectivity index (χ1n) is 6.49. The predicted octanol–water partition coefficient (Wildman–Crippen LogP) is 5.92. The highest BCUT2D eigenvalue weighted by Gasteiger charge is 2.38. The first-order valence-corrected chi connectivity index (χ1v) is 6.87. The maximum Gasteiger partial charge on any atom is 0.417 e. The van der Waals surface area contributed by atoms with Crippen LogP contribution in [0.1, 0.15) is 11.1 Å². The Labute approximate surface area is 136 Å². The van der Waals surface area contributed by atoms with Crippen molar-refractivity contribution in [2.24, 2.45) is 0 Å². The van der Waals surface area contributed by atoms with Gasteiger partial charge in [-0.25, -0.2) is 4.98 Å². The van der Waals surface area contributed by atoms with Gasteiger partial charge in [0.2, 0.25) is 0 Å². The van der Waals surface area contributed by atoms with Gasteiger partial charge >= 0.3 is 12.4 Å². The fraction of sp³-hybridized carbons (Fsp3) is 0.133. The van der Waals surface area contributed by atoms with Gasteiger partial charge in [0.05, 0.1) is 16.6 Å². The minimum atomic E-state index is -4.96. The molecule has 0 spiro atoms. The summed E-state index contributed by atoms with van der Waals surface area (Å²) in [6, 6.07) is 2.99. The van der Waals surface area contributed by atoms with Crippen molar-refractivity contribution in [3.05, 3.63) is 52.9 Å². The van der Waals surface area contributed by atoms with Crippen molar-refractivity contribution in [3.63, 3.8) is 0 Å². The molecule has 0 saturated heterocycles. The highest BCUT2D eigenvalue weighted by atomic mass is 35.5. The van der Waals surface area contributed by atoms with E-state index in [1.165, 1.54) is 18.5 Å². The van der Waals surface area contributed by atoms with Crippen molar-refractivity contribution in [3.8, 4) is 11.1 Å². The Morgan fingerprint density at radius 3 is 2.25 bits per heavy atom. The molecule has 3 aromatic rings. The summed E-state index contributed by atoms with van der Waals surface area (Å²) in [4.78, 5) is 6.54. The van der Waals surface area contributed by atoms with Crippen LogP contribution in [-0.4, -0.2) is 9.97 Å². The highest BCUT2D eigenvalue weighted by Crippen LogP contribution is 2.43. The Morgan fingerprint density at radius 2 is 1.62 bits per heavy atom. The minimum absolute atomic E-state index is 0.0316. The van der Waals surface area contributed by atoms with Gasteiger partial charge in [-0.3, -0.25) is 0 Å². The average molecular weight is 365 g/mol. The zero-order chi connectivity index (χ0) is 17.7. The molecule has 9 heteroatoms. The quantitative estimate of drug-likeness (QED) is 0.421. The van der Waals surface area contributed by atoms with Crippen LogP contribution in [0.25, 0.3) is 22.0 Å². The molecular weight excluding hydrogens is 358 g/mol. The Kier molecular flexibility index (Phi) is 3.75. The van der Waals surface area contributed by atoms with Gasteiger partial charge in [0, 0.05) is 23.3 Å². The second-order valence-corrected chi connectivity index (χ2v) is 5.34. The molecule has 2 aromatic heterocycles.